The molecule has 3 rings (SSSR count). The summed E-state index contributed by atoms with van der Waals surface area (Å²) >= 11 is 0. The van der Waals surface area contributed by atoms with Gasteiger partial charge in [0.1, 0.15) is 0 Å². The van der Waals surface area contributed by atoms with Crippen molar-refractivity contribution in [2.24, 2.45) is 5.92 Å². The molecule has 0 radical (unpaired) electrons. The first-order valence-corrected chi connectivity index (χ1v) is 10.1. The highest BCUT2D eigenvalue weighted by atomic mass is 16.2. The van der Waals surface area contributed by atoms with Crippen LogP contribution in [0.5, 0.6) is 0 Å². The highest BCUT2D eigenvalue weighted by Gasteiger charge is 2.25. The quantitative estimate of drug-likeness (QED) is 0.712. The zero-order valence-electron chi connectivity index (χ0n) is 16.5. The van der Waals surface area contributed by atoms with Gasteiger partial charge < -0.3 is 16.0 Å². The second kappa shape index (κ2) is 9.33. The lowest BCUT2D eigenvalue weighted by atomic mass is 9.98. The first-order chi connectivity index (χ1) is 13.0. The van der Waals surface area contributed by atoms with Crippen LogP contribution in [0.4, 0.5) is 5.69 Å². The van der Waals surface area contributed by atoms with Gasteiger partial charge >= 0.3 is 0 Å². The number of likely N-dealkylation sites (tertiary alicyclic amines) is 1. The highest BCUT2D eigenvalue weighted by Crippen LogP contribution is 2.17. The van der Waals surface area contributed by atoms with E-state index in [0.29, 0.717) is 19.0 Å². The van der Waals surface area contributed by atoms with E-state index in [0.717, 1.165) is 51.0 Å². The van der Waals surface area contributed by atoms with Crippen molar-refractivity contribution in [3.63, 3.8) is 0 Å². The van der Waals surface area contributed by atoms with Crippen molar-refractivity contribution in [3.05, 3.63) is 29.3 Å². The molecular formula is C21H32N4O2. The summed E-state index contributed by atoms with van der Waals surface area (Å²) in [4.78, 5) is 26.7. The van der Waals surface area contributed by atoms with Crippen molar-refractivity contribution in [1.82, 2.24) is 15.5 Å². The van der Waals surface area contributed by atoms with Crippen molar-refractivity contribution in [3.8, 4) is 0 Å². The van der Waals surface area contributed by atoms with Crippen LogP contribution in [0.1, 0.15) is 36.8 Å². The van der Waals surface area contributed by atoms with Crippen LogP contribution in [0.25, 0.3) is 0 Å². The molecule has 27 heavy (non-hydrogen) atoms. The number of nitrogens with zero attached hydrogens (tertiary/aromatic N) is 1. The van der Waals surface area contributed by atoms with Gasteiger partial charge in [-0.1, -0.05) is 6.07 Å². The molecule has 3 N–H and O–H groups in total. The molecule has 6 nitrogen and oxygen atoms in total. The Bertz CT molecular complexity index is 670. The van der Waals surface area contributed by atoms with Gasteiger partial charge in [-0.25, -0.2) is 0 Å². The Morgan fingerprint density at radius 3 is 2.78 bits per heavy atom. The van der Waals surface area contributed by atoms with Gasteiger partial charge in [0.05, 0.1) is 12.6 Å². The zero-order chi connectivity index (χ0) is 19.2. The number of hydrogen-bond acceptors (Lipinski definition) is 4. The Balaban J connectivity index is 1.42. The maximum Gasteiger partial charge on any atom is 0.238 e. The summed E-state index contributed by atoms with van der Waals surface area (Å²) in [5, 5.41) is 9.33. The minimum atomic E-state index is -0.0200. The predicted molar refractivity (Wildman–Crippen MR) is 108 cm³/mol. The number of benzene rings is 1. The van der Waals surface area contributed by atoms with Crippen LogP contribution in [0.15, 0.2) is 18.2 Å². The van der Waals surface area contributed by atoms with Crippen LogP contribution in [-0.4, -0.2) is 55.5 Å². The highest BCUT2D eigenvalue weighted by molar-refractivity contribution is 5.92. The van der Waals surface area contributed by atoms with Crippen LogP contribution < -0.4 is 16.0 Å². The first kappa shape index (κ1) is 19.8. The average Bonchev–Trinajstić information content (AvgIpc) is 3.18. The molecule has 2 aliphatic rings. The van der Waals surface area contributed by atoms with Gasteiger partial charge in [0, 0.05) is 18.8 Å². The minimum absolute atomic E-state index is 0.0200. The maximum atomic E-state index is 12.4. The second-order valence-corrected chi connectivity index (χ2v) is 7.98. The fourth-order valence-corrected chi connectivity index (χ4v) is 3.96. The van der Waals surface area contributed by atoms with E-state index in [-0.39, 0.29) is 17.9 Å². The lowest BCUT2D eigenvalue weighted by Crippen LogP contribution is -2.46. The summed E-state index contributed by atoms with van der Waals surface area (Å²) in [5.41, 5.74) is 3.26. The van der Waals surface area contributed by atoms with Crippen LogP contribution >= 0.6 is 0 Å². The SMILES string of the molecule is Cc1ccc(NC(=O)CN2CCCC(CNC(=O)C3CCCN3)C2)cc1C. The zero-order valence-corrected chi connectivity index (χ0v) is 16.5. The van der Waals surface area contributed by atoms with Gasteiger partial charge in [-0.2, -0.15) is 0 Å². The van der Waals surface area contributed by atoms with E-state index in [1.165, 1.54) is 11.1 Å². The Morgan fingerprint density at radius 1 is 1.19 bits per heavy atom. The Hall–Kier alpha value is -1.92. The molecule has 2 heterocycles. The van der Waals surface area contributed by atoms with Gasteiger partial charge in [-0.05, 0) is 81.8 Å². The summed E-state index contributed by atoms with van der Waals surface area (Å²) in [6, 6.07) is 5.97. The van der Waals surface area contributed by atoms with Gasteiger partial charge in [0.2, 0.25) is 11.8 Å². The number of piperidine rings is 1. The van der Waals surface area contributed by atoms with Gasteiger partial charge in [0.25, 0.3) is 0 Å². The molecule has 0 aliphatic carbocycles. The molecule has 0 aromatic heterocycles. The third kappa shape index (κ3) is 5.78. The topological polar surface area (TPSA) is 73.5 Å². The lowest BCUT2D eigenvalue weighted by molar-refractivity contribution is -0.123. The van der Waals surface area contributed by atoms with Crippen LogP contribution in [0, 0.1) is 19.8 Å². The standard InChI is InChI=1S/C21H32N4O2/c1-15-7-8-18(11-16(15)2)24-20(26)14-25-10-4-5-17(13-25)12-23-21(27)19-6-3-9-22-19/h7-8,11,17,19,22H,3-6,9-10,12-14H2,1-2H3,(H,23,27)(H,24,26). The summed E-state index contributed by atoms with van der Waals surface area (Å²) in [6.07, 6.45) is 4.18. The van der Waals surface area contributed by atoms with Crippen molar-refractivity contribution < 1.29 is 9.59 Å². The third-order valence-electron chi connectivity index (χ3n) is 5.70. The van der Waals surface area contributed by atoms with Crippen LogP contribution in [-0.2, 0) is 9.59 Å². The first-order valence-electron chi connectivity index (χ1n) is 10.1. The number of carbonyl (C=O) groups is 2. The van der Waals surface area contributed by atoms with Crippen molar-refractivity contribution in [2.45, 2.75) is 45.6 Å². The maximum absolute atomic E-state index is 12.4. The number of carbonyl (C=O) groups excluding carboxylic acids is 2. The number of nitrogens with one attached hydrogen (secondary N) is 3. The third-order valence-corrected chi connectivity index (χ3v) is 5.70. The molecule has 2 aliphatic heterocycles. The molecule has 0 saturated carbocycles. The largest absolute Gasteiger partial charge is 0.354 e. The fourth-order valence-electron chi connectivity index (χ4n) is 3.96. The predicted octanol–water partition coefficient (Wildman–Crippen LogP) is 1.82. The summed E-state index contributed by atoms with van der Waals surface area (Å²) in [6.45, 7) is 7.96. The fraction of sp³-hybridized carbons (Fsp3) is 0.619. The Kier molecular flexibility index (Phi) is 6.85. The molecule has 6 heteroatoms. The number of aryl methyl sites for hydroxylation is 2. The van der Waals surface area contributed by atoms with E-state index in [4.69, 9.17) is 0 Å². The molecular weight excluding hydrogens is 340 g/mol. The summed E-state index contributed by atoms with van der Waals surface area (Å²) < 4.78 is 0. The van der Waals surface area contributed by atoms with Gasteiger partial charge in [0.15, 0.2) is 0 Å². The number of rotatable bonds is 6. The van der Waals surface area contributed by atoms with Crippen molar-refractivity contribution >= 4 is 17.5 Å². The monoisotopic (exact) mass is 372 g/mol. The van der Waals surface area contributed by atoms with E-state index >= 15 is 0 Å². The summed E-state index contributed by atoms with van der Waals surface area (Å²) in [5.74, 6) is 0.564. The molecule has 2 atom stereocenters. The molecule has 148 valence electrons. The van der Waals surface area contributed by atoms with E-state index < -0.39 is 0 Å². The molecule has 0 bridgehead atoms. The number of hydrogen-bond donors (Lipinski definition) is 3. The minimum Gasteiger partial charge on any atom is -0.354 e. The van der Waals surface area contributed by atoms with E-state index in [2.05, 4.69) is 34.7 Å². The second-order valence-electron chi connectivity index (χ2n) is 7.98. The van der Waals surface area contributed by atoms with Crippen LogP contribution in [0.2, 0.25) is 0 Å². The smallest absolute Gasteiger partial charge is 0.238 e. The molecule has 2 unspecified atom stereocenters. The normalized spacial score (nSPS) is 23.2. The molecule has 0 spiro atoms. The van der Waals surface area contributed by atoms with Gasteiger partial charge in [-0.15, -0.1) is 0 Å². The Morgan fingerprint density at radius 2 is 2.04 bits per heavy atom. The van der Waals surface area contributed by atoms with Crippen molar-refractivity contribution in [2.75, 3.05) is 38.0 Å². The van der Waals surface area contributed by atoms with E-state index in [9.17, 15) is 9.59 Å². The molecule has 2 fully saturated rings. The van der Waals surface area contributed by atoms with E-state index in [1.54, 1.807) is 0 Å². The van der Waals surface area contributed by atoms with Crippen molar-refractivity contribution in [1.29, 1.82) is 0 Å². The molecule has 1 aromatic rings. The van der Waals surface area contributed by atoms with E-state index in [1.807, 2.05) is 18.2 Å². The average molecular weight is 373 g/mol. The lowest BCUT2D eigenvalue weighted by Gasteiger charge is -2.32. The van der Waals surface area contributed by atoms with Crippen LogP contribution in [0.3, 0.4) is 0 Å². The molecule has 1 aromatic carbocycles. The number of anilines is 1. The summed E-state index contributed by atoms with van der Waals surface area (Å²) in [7, 11) is 0. The number of amides is 2. The molecule has 2 amide bonds. The Labute approximate surface area is 162 Å². The van der Waals surface area contributed by atoms with Gasteiger partial charge in [-0.3, -0.25) is 14.5 Å². The molecule has 2 saturated heterocycles.